The van der Waals surface area contributed by atoms with Gasteiger partial charge in [0.2, 0.25) is 5.91 Å². The molecular weight excluding hydrogens is 248 g/mol. The van der Waals surface area contributed by atoms with Crippen molar-refractivity contribution >= 4 is 5.91 Å². The second-order valence-electron chi connectivity index (χ2n) is 5.94. The van der Waals surface area contributed by atoms with Gasteiger partial charge >= 0.3 is 0 Å². The number of amides is 1. The van der Waals surface area contributed by atoms with Crippen LogP contribution in [0.4, 0.5) is 0 Å². The lowest BCUT2D eigenvalue weighted by Crippen LogP contribution is -2.47. The van der Waals surface area contributed by atoms with Gasteiger partial charge in [0, 0.05) is 0 Å². The van der Waals surface area contributed by atoms with Gasteiger partial charge in [-0.3, -0.25) is 4.79 Å². The molecule has 1 unspecified atom stereocenters. The summed E-state index contributed by atoms with van der Waals surface area (Å²) in [6.45, 7) is 8.19. The first-order chi connectivity index (χ1) is 9.59. The van der Waals surface area contributed by atoms with E-state index in [-0.39, 0.29) is 17.4 Å². The van der Waals surface area contributed by atoms with Gasteiger partial charge in [0.05, 0.1) is 11.5 Å². The summed E-state index contributed by atoms with van der Waals surface area (Å²) in [6.07, 6.45) is 2.80. The van der Waals surface area contributed by atoms with E-state index in [1.54, 1.807) is 0 Å². The molecule has 0 bridgehead atoms. The molecule has 3 heteroatoms. The molecule has 20 heavy (non-hydrogen) atoms. The molecule has 3 nitrogen and oxygen atoms in total. The molecule has 0 saturated carbocycles. The Labute approximate surface area is 122 Å². The van der Waals surface area contributed by atoms with Crippen molar-refractivity contribution in [2.45, 2.75) is 46.1 Å². The summed E-state index contributed by atoms with van der Waals surface area (Å²) in [6, 6.07) is 8.33. The largest absolute Gasteiger partial charge is 0.349 e. The van der Waals surface area contributed by atoms with Crippen molar-refractivity contribution in [2.24, 2.45) is 5.41 Å². The molecular formula is C17H26N2O. The average Bonchev–Trinajstić information content (AvgIpc) is 2.48. The van der Waals surface area contributed by atoms with Crippen LogP contribution in [0.15, 0.2) is 24.3 Å². The van der Waals surface area contributed by atoms with E-state index in [4.69, 9.17) is 0 Å². The first-order valence-electron chi connectivity index (χ1n) is 7.66. The zero-order valence-electron chi connectivity index (χ0n) is 12.8. The zero-order chi connectivity index (χ0) is 14.6. The van der Waals surface area contributed by atoms with Crippen molar-refractivity contribution < 1.29 is 4.79 Å². The highest BCUT2D eigenvalue weighted by Gasteiger charge is 2.38. The number of hydrogen-bond acceptors (Lipinski definition) is 2. The van der Waals surface area contributed by atoms with E-state index >= 15 is 0 Å². The molecule has 1 atom stereocenters. The number of piperidine rings is 1. The van der Waals surface area contributed by atoms with Crippen LogP contribution in [0.1, 0.15) is 50.3 Å². The Morgan fingerprint density at radius 1 is 1.35 bits per heavy atom. The van der Waals surface area contributed by atoms with Crippen LogP contribution in [0.3, 0.4) is 0 Å². The maximum atomic E-state index is 12.7. The molecule has 2 rings (SSSR count). The van der Waals surface area contributed by atoms with Crippen LogP contribution in [0.5, 0.6) is 0 Å². The number of aryl methyl sites for hydroxylation is 1. The molecule has 1 fully saturated rings. The van der Waals surface area contributed by atoms with Crippen LogP contribution in [-0.2, 0) is 4.79 Å². The summed E-state index contributed by atoms with van der Waals surface area (Å²) in [7, 11) is 0. The van der Waals surface area contributed by atoms with Crippen molar-refractivity contribution in [3.05, 3.63) is 35.4 Å². The van der Waals surface area contributed by atoms with Gasteiger partial charge in [0.25, 0.3) is 0 Å². The standard InChI is InChI=1S/C17H26N2O/c1-4-17(9-11-18-12-10-17)16(20)19-14(3)15-8-6-5-7-13(15)2/h5-8,14,18H,4,9-12H2,1-3H3,(H,19,20). The quantitative estimate of drug-likeness (QED) is 0.886. The van der Waals surface area contributed by atoms with Crippen LogP contribution >= 0.6 is 0 Å². The number of carbonyl (C=O) groups is 1. The van der Waals surface area contributed by atoms with Gasteiger partial charge in [-0.05, 0) is 57.3 Å². The van der Waals surface area contributed by atoms with Crippen LogP contribution in [0, 0.1) is 12.3 Å². The molecule has 2 N–H and O–H groups in total. The first kappa shape index (κ1) is 15.0. The summed E-state index contributed by atoms with van der Waals surface area (Å²) in [4.78, 5) is 12.7. The van der Waals surface area contributed by atoms with Crippen LogP contribution < -0.4 is 10.6 Å². The van der Waals surface area contributed by atoms with Crippen molar-refractivity contribution in [2.75, 3.05) is 13.1 Å². The highest BCUT2D eigenvalue weighted by molar-refractivity contribution is 5.83. The van der Waals surface area contributed by atoms with Crippen LogP contribution in [0.25, 0.3) is 0 Å². The molecule has 1 aliphatic rings. The molecule has 0 aromatic heterocycles. The first-order valence-corrected chi connectivity index (χ1v) is 7.66. The molecule has 1 saturated heterocycles. The Bertz CT molecular complexity index is 464. The lowest BCUT2D eigenvalue weighted by Gasteiger charge is -2.36. The highest BCUT2D eigenvalue weighted by atomic mass is 16.2. The Morgan fingerprint density at radius 3 is 2.60 bits per heavy atom. The second-order valence-corrected chi connectivity index (χ2v) is 5.94. The van der Waals surface area contributed by atoms with Crippen molar-refractivity contribution in [3.63, 3.8) is 0 Å². The minimum absolute atomic E-state index is 0.0713. The molecule has 1 aromatic carbocycles. The topological polar surface area (TPSA) is 41.1 Å². The molecule has 0 aliphatic carbocycles. The summed E-state index contributed by atoms with van der Waals surface area (Å²) in [5.41, 5.74) is 2.26. The van der Waals surface area contributed by atoms with E-state index in [1.165, 1.54) is 11.1 Å². The summed E-state index contributed by atoms with van der Waals surface area (Å²) in [5, 5.41) is 6.57. The molecule has 0 spiro atoms. The average molecular weight is 274 g/mol. The van der Waals surface area contributed by atoms with Gasteiger partial charge in [0.1, 0.15) is 0 Å². The van der Waals surface area contributed by atoms with Crippen molar-refractivity contribution in [1.29, 1.82) is 0 Å². The molecule has 1 aromatic rings. The minimum Gasteiger partial charge on any atom is -0.349 e. The number of benzene rings is 1. The van der Waals surface area contributed by atoms with Gasteiger partial charge in [0.15, 0.2) is 0 Å². The number of rotatable bonds is 4. The molecule has 110 valence electrons. The van der Waals surface area contributed by atoms with Gasteiger partial charge < -0.3 is 10.6 Å². The number of nitrogens with one attached hydrogen (secondary N) is 2. The molecule has 1 amide bonds. The predicted molar refractivity (Wildman–Crippen MR) is 82.6 cm³/mol. The molecule has 1 heterocycles. The van der Waals surface area contributed by atoms with Crippen molar-refractivity contribution in [3.8, 4) is 0 Å². The van der Waals surface area contributed by atoms with E-state index in [1.807, 2.05) is 12.1 Å². The van der Waals surface area contributed by atoms with E-state index in [9.17, 15) is 4.79 Å². The van der Waals surface area contributed by atoms with Crippen LogP contribution in [0.2, 0.25) is 0 Å². The summed E-state index contributed by atoms with van der Waals surface area (Å²) in [5.74, 6) is 0.220. The third-order valence-corrected chi connectivity index (χ3v) is 4.72. The fourth-order valence-corrected chi connectivity index (χ4v) is 3.15. The Kier molecular flexibility index (Phi) is 4.81. The van der Waals surface area contributed by atoms with Crippen LogP contribution in [-0.4, -0.2) is 19.0 Å². The SMILES string of the molecule is CCC1(C(=O)NC(C)c2ccccc2C)CCNCC1. The fraction of sp³-hybridized carbons (Fsp3) is 0.588. The van der Waals surface area contributed by atoms with E-state index in [0.29, 0.717) is 0 Å². The monoisotopic (exact) mass is 274 g/mol. The lowest BCUT2D eigenvalue weighted by molar-refractivity contribution is -0.133. The maximum Gasteiger partial charge on any atom is 0.226 e. The smallest absolute Gasteiger partial charge is 0.226 e. The number of carbonyl (C=O) groups excluding carboxylic acids is 1. The van der Waals surface area contributed by atoms with Gasteiger partial charge in [-0.2, -0.15) is 0 Å². The second kappa shape index (κ2) is 6.40. The zero-order valence-corrected chi connectivity index (χ0v) is 12.8. The summed E-state index contributed by atoms with van der Waals surface area (Å²) >= 11 is 0. The summed E-state index contributed by atoms with van der Waals surface area (Å²) < 4.78 is 0. The Hall–Kier alpha value is -1.35. The molecule has 1 aliphatic heterocycles. The van der Waals surface area contributed by atoms with Crippen molar-refractivity contribution in [1.82, 2.24) is 10.6 Å². The lowest BCUT2D eigenvalue weighted by atomic mass is 9.75. The van der Waals surface area contributed by atoms with E-state index in [0.717, 1.165) is 32.4 Å². The Balaban J connectivity index is 2.08. The van der Waals surface area contributed by atoms with Gasteiger partial charge in [-0.25, -0.2) is 0 Å². The normalized spacial score (nSPS) is 19.4. The Morgan fingerprint density at radius 2 is 2.00 bits per heavy atom. The van der Waals surface area contributed by atoms with E-state index in [2.05, 4.69) is 43.5 Å². The fourth-order valence-electron chi connectivity index (χ4n) is 3.15. The minimum atomic E-state index is -0.178. The van der Waals surface area contributed by atoms with Gasteiger partial charge in [-0.1, -0.05) is 31.2 Å². The van der Waals surface area contributed by atoms with Gasteiger partial charge in [-0.15, -0.1) is 0 Å². The number of hydrogen-bond donors (Lipinski definition) is 2. The predicted octanol–water partition coefficient (Wildman–Crippen LogP) is 2.95. The molecule has 0 radical (unpaired) electrons. The maximum absolute atomic E-state index is 12.7. The van der Waals surface area contributed by atoms with E-state index < -0.39 is 0 Å². The highest BCUT2D eigenvalue weighted by Crippen LogP contribution is 2.33. The third-order valence-electron chi connectivity index (χ3n) is 4.72. The third kappa shape index (κ3) is 3.04.